The van der Waals surface area contributed by atoms with Crippen LogP contribution >= 0.6 is 0 Å². The van der Waals surface area contributed by atoms with Crippen LogP contribution in [0.4, 0.5) is 4.39 Å². The Morgan fingerprint density at radius 1 is 1.29 bits per heavy atom. The first kappa shape index (κ1) is 11.7. The number of nitrogens with zero attached hydrogens (tertiary/aromatic N) is 2. The molecule has 0 aliphatic heterocycles. The molecule has 0 unspecified atom stereocenters. The molecule has 2 aromatic rings. The Morgan fingerprint density at radius 2 is 2.18 bits per heavy atom. The van der Waals surface area contributed by atoms with E-state index in [1.807, 2.05) is 13.0 Å². The highest BCUT2D eigenvalue weighted by Crippen LogP contribution is 2.15. The van der Waals surface area contributed by atoms with E-state index in [1.54, 1.807) is 18.3 Å². The molecule has 1 aromatic carbocycles. The zero-order chi connectivity index (χ0) is 12.1. The minimum absolute atomic E-state index is 0.275. The standard InChI is InChI=1S/C13H14FN3/c1-2-15-9-12-6-7-16-13(17-12)10-4-3-5-11(14)8-10/h3-8,15H,2,9H2,1H3. The Morgan fingerprint density at radius 3 is 2.94 bits per heavy atom. The zero-order valence-corrected chi connectivity index (χ0v) is 9.65. The minimum atomic E-state index is -0.275. The largest absolute Gasteiger partial charge is 0.311 e. The maximum absolute atomic E-state index is 13.1. The summed E-state index contributed by atoms with van der Waals surface area (Å²) in [6.07, 6.45) is 1.69. The molecule has 1 N–H and O–H groups in total. The van der Waals surface area contributed by atoms with Gasteiger partial charge in [-0.2, -0.15) is 0 Å². The molecule has 0 aliphatic carbocycles. The predicted octanol–water partition coefficient (Wildman–Crippen LogP) is 2.39. The third kappa shape index (κ3) is 3.07. The Kier molecular flexibility index (Phi) is 3.77. The van der Waals surface area contributed by atoms with Crippen molar-refractivity contribution in [2.24, 2.45) is 0 Å². The first-order valence-corrected chi connectivity index (χ1v) is 5.58. The van der Waals surface area contributed by atoms with Crippen LogP contribution in [0.2, 0.25) is 0 Å². The van der Waals surface area contributed by atoms with Crippen molar-refractivity contribution in [2.75, 3.05) is 6.54 Å². The first-order chi connectivity index (χ1) is 8.29. The maximum Gasteiger partial charge on any atom is 0.159 e. The molecule has 4 heteroatoms. The van der Waals surface area contributed by atoms with Crippen molar-refractivity contribution >= 4 is 0 Å². The number of benzene rings is 1. The molecule has 0 aliphatic rings. The summed E-state index contributed by atoms with van der Waals surface area (Å²) in [5, 5.41) is 3.19. The highest BCUT2D eigenvalue weighted by molar-refractivity contribution is 5.54. The van der Waals surface area contributed by atoms with Gasteiger partial charge < -0.3 is 5.32 Å². The summed E-state index contributed by atoms with van der Waals surface area (Å²) < 4.78 is 13.1. The molecular formula is C13H14FN3. The van der Waals surface area contributed by atoms with Crippen molar-refractivity contribution in [3.8, 4) is 11.4 Å². The lowest BCUT2D eigenvalue weighted by atomic mass is 10.2. The second-order valence-corrected chi connectivity index (χ2v) is 3.66. The molecular weight excluding hydrogens is 217 g/mol. The highest BCUT2D eigenvalue weighted by Gasteiger charge is 2.03. The van der Waals surface area contributed by atoms with E-state index in [-0.39, 0.29) is 5.82 Å². The lowest BCUT2D eigenvalue weighted by Crippen LogP contribution is -2.13. The van der Waals surface area contributed by atoms with Crippen molar-refractivity contribution in [1.29, 1.82) is 0 Å². The van der Waals surface area contributed by atoms with Gasteiger partial charge in [-0.15, -0.1) is 0 Å². The lowest BCUT2D eigenvalue weighted by Gasteiger charge is -2.04. The summed E-state index contributed by atoms with van der Waals surface area (Å²) in [4.78, 5) is 8.53. The quantitative estimate of drug-likeness (QED) is 0.878. The summed E-state index contributed by atoms with van der Waals surface area (Å²) in [5.74, 6) is 0.281. The van der Waals surface area contributed by atoms with Gasteiger partial charge in [0.1, 0.15) is 5.82 Å². The smallest absolute Gasteiger partial charge is 0.159 e. The molecule has 1 aromatic heterocycles. The van der Waals surface area contributed by atoms with Gasteiger partial charge in [-0.05, 0) is 24.7 Å². The van der Waals surface area contributed by atoms with Gasteiger partial charge in [0, 0.05) is 18.3 Å². The van der Waals surface area contributed by atoms with Crippen molar-refractivity contribution < 1.29 is 4.39 Å². The molecule has 1 heterocycles. The van der Waals surface area contributed by atoms with E-state index in [1.165, 1.54) is 12.1 Å². The second-order valence-electron chi connectivity index (χ2n) is 3.66. The molecule has 0 fully saturated rings. The number of hydrogen-bond donors (Lipinski definition) is 1. The fourth-order valence-corrected chi connectivity index (χ4v) is 1.51. The Balaban J connectivity index is 2.26. The van der Waals surface area contributed by atoms with Crippen LogP contribution in [0.1, 0.15) is 12.6 Å². The zero-order valence-electron chi connectivity index (χ0n) is 9.65. The van der Waals surface area contributed by atoms with Crippen molar-refractivity contribution in [1.82, 2.24) is 15.3 Å². The highest BCUT2D eigenvalue weighted by atomic mass is 19.1. The first-order valence-electron chi connectivity index (χ1n) is 5.58. The van der Waals surface area contributed by atoms with Crippen LogP contribution in [0.5, 0.6) is 0 Å². The number of aromatic nitrogens is 2. The number of halogens is 1. The van der Waals surface area contributed by atoms with E-state index in [4.69, 9.17) is 0 Å². The van der Waals surface area contributed by atoms with Crippen molar-refractivity contribution in [3.63, 3.8) is 0 Å². The molecule has 0 bridgehead atoms. The molecule has 0 spiro atoms. The van der Waals surface area contributed by atoms with E-state index in [9.17, 15) is 4.39 Å². The molecule has 0 radical (unpaired) electrons. The fourth-order valence-electron chi connectivity index (χ4n) is 1.51. The molecule has 0 atom stereocenters. The van der Waals surface area contributed by atoms with Crippen molar-refractivity contribution in [2.45, 2.75) is 13.5 Å². The Labute approximate surface area is 99.7 Å². The van der Waals surface area contributed by atoms with E-state index < -0.39 is 0 Å². The van der Waals surface area contributed by atoms with E-state index in [2.05, 4.69) is 15.3 Å². The van der Waals surface area contributed by atoms with Gasteiger partial charge in [-0.3, -0.25) is 0 Å². The number of rotatable bonds is 4. The second kappa shape index (κ2) is 5.50. The van der Waals surface area contributed by atoms with Gasteiger partial charge >= 0.3 is 0 Å². The van der Waals surface area contributed by atoms with Crippen LogP contribution in [0.3, 0.4) is 0 Å². The number of hydrogen-bond acceptors (Lipinski definition) is 3. The molecule has 0 saturated heterocycles. The van der Waals surface area contributed by atoms with Crippen LogP contribution in [0.25, 0.3) is 11.4 Å². The summed E-state index contributed by atoms with van der Waals surface area (Å²) >= 11 is 0. The Hall–Kier alpha value is -1.81. The minimum Gasteiger partial charge on any atom is -0.311 e. The SMILES string of the molecule is CCNCc1ccnc(-c2cccc(F)c2)n1. The average Bonchev–Trinajstić information content (AvgIpc) is 2.37. The monoisotopic (exact) mass is 231 g/mol. The Bertz CT molecular complexity index is 500. The fraction of sp³-hybridized carbons (Fsp3) is 0.231. The van der Waals surface area contributed by atoms with E-state index in [0.29, 0.717) is 17.9 Å². The normalized spacial score (nSPS) is 10.5. The van der Waals surface area contributed by atoms with Crippen LogP contribution in [0, 0.1) is 5.82 Å². The van der Waals surface area contributed by atoms with Gasteiger partial charge in [0.2, 0.25) is 0 Å². The van der Waals surface area contributed by atoms with Gasteiger partial charge in [0.25, 0.3) is 0 Å². The molecule has 3 nitrogen and oxygen atoms in total. The summed E-state index contributed by atoms with van der Waals surface area (Å²) in [5.41, 5.74) is 1.60. The van der Waals surface area contributed by atoms with Gasteiger partial charge in [-0.1, -0.05) is 19.1 Å². The van der Waals surface area contributed by atoms with Crippen molar-refractivity contribution in [3.05, 3.63) is 48.0 Å². The third-order valence-electron chi connectivity index (χ3n) is 2.35. The molecule has 2 rings (SSSR count). The summed E-state index contributed by atoms with van der Waals surface area (Å²) in [6, 6.07) is 8.16. The molecule has 88 valence electrons. The van der Waals surface area contributed by atoms with Gasteiger partial charge in [0.15, 0.2) is 5.82 Å². The average molecular weight is 231 g/mol. The number of nitrogens with one attached hydrogen (secondary N) is 1. The van der Waals surface area contributed by atoms with Crippen LogP contribution in [0.15, 0.2) is 36.5 Å². The predicted molar refractivity (Wildman–Crippen MR) is 64.8 cm³/mol. The lowest BCUT2D eigenvalue weighted by molar-refractivity contribution is 0.628. The van der Waals surface area contributed by atoms with Gasteiger partial charge in [-0.25, -0.2) is 14.4 Å². The van der Waals surface area contributed by atoms with Crippen LogP contribution in [-0.4, -0.2) is 16.5 Å². The van der Waals surface area contributed by atoms with E-state index >= 15 is 0 Å². The molecule has 0 saturated carbocycles. The van der Waals surface area contributed by atoms with Gasteiger partial charge in [0.05, 0.1) is 5.69 Å². The van der Waals surface area contributed by atoms with Crippen LogP contribution in [-0.2, 0) is 6.54 Å². The molecule has 17 heavy (non-hydrogen) atoms. The van der Waals surface area contributed by atoms with E-state index in [0.717, 1.165) is 12.2 Å². The third-order valence-corrected chi connectivity index (χ3v) is 2.35. The molecule has 0 amide bonds. The topological polar surface area (TPSA) is 37.8 Å². The summed E-state index contributed by atoms with van der Waals surface area (Å²) in [7, 11) is 0. The van der Waals surface area contributed by atoms with Crippen LogP contribution < -0.4 is 5.32 Å². The maximum atomic E-state index is 13.1. The summed E-state index contributed by atoms with van der Waals surface area (Å²) in [6.45, 7) is 3.62.